The Morgan fingerprint density at radius 1 is 0.787 bits per heavy atom. The topological polar surface area (TPSA) is 181 Å². The number of thioether (sulfide) groups is 1. The highest BCUT2D eigenvalue weighted by molar-refractivity contribution is 7.99. The number of likely N-dealkylation sites (tertiary alicyclic amines) is 1. The number of sulfone groups is 1. The van der Waals surface area contributed by atoms with Gasteiger partial charge in [-0.15, -0.1) is 11.8 Å². The number of imide groups is 2. The normalized spacial score (nSPS) is 20.8. The largest absolute Gasteiger partial charge is 0.501 e. The number of carbonyl (C=O) groups excluding carboxylic acids is 5. The molecule has 1 aliphatic carbocycles. The second-order valence-corrected chi connectivity index (χ2v) is 27.8. The van der Waals surface area contributed by atoms with Gasteiger partial charge in [0.1, 0.15) is 6.04 Å². The van der Waals surface area contributed by atoms with Gasteiger partial charge in [-0.05, 0) is 146 Å². The molecule has 0 bridgehead atoms. The van der Waals surface area contributed by atoms with Crippen molar-refractivity contribution >= 4 is 85.4 Å². The van der Waals surface area contributed by atoms with E-state index in [1.165, 1.54) is 28.8 Å². The van der Waals surface area contributed by atoms with Crippen LogP contribution in [0, 0.1) is 5.41 Å². The van der Waals surface area contributed by atoms with Crippen molar-refractivity contribution in [2.24, 2.45) is 5.41 Å². The Morgan fingerprint density at radius 3 is 2.28 bits per heavy atom. The third-order valence-corrected chi connectivity index (χ3v) is 21.3. The maximum atomic E-state index is 14.4. The Balaban J connectivity index is 0.673. The number of amides is 5. The van der Waals surface area contributed by atoms with Gasteiger partial charge in [0.05, 0.1) is 34.9 Å². The van der Waals surface area contributed by atoms with Gasteiger partial charge < -0.3 is 25.2 Å². The van der Waals surface area contributed by atoms with Crippen molar-refractivity contribution in [3.05, 3.63) is 154 Å². The zero-order valence-electron chi connectivity index (χ0n) is 49.8. The lowest BCUT2D eigenvalue weighted by Gasteiger charge is -2.41. The molecule has 4 saturated heterocycles. The number of piperazine rings is 1. The van der Waals surface area contributed by atoms with E-state index in [2.05, 4.69) is 47.7 Å². The molecule has 16 nitrogen and oxygen atoms in total. The number of carbonyl (C=O) groups is 5. The molecular weight excluding hydrogens is 1200 g/mol. The number of anilines is 3. The van der Waals surface area contributed by atoms with Gasteiger partial charge in [-0.25, -0.2) is 8.42 Å². The highest BCUT2D eigenvalue weighted by Crippen LogP contribution is 2.49. The lowest BCUT2D eigenvalue weighted by molar-refractivity contribution is -0.136. The van der Waals surface area contributed by atoms with Crippen LogP contribution >= 0.6 is 23.4 Å². The minimum Gasteiger partial charge on any atom is -0.384 e. The van der Waals surface area contributed by atoms with E-state index in [9.17, 15) is 45.6 Å². The van der Waals surface area contributed by atoms with Crippen molar-refractivity contribution < 1.29 is 50.3 Å². The van der Waals surface area contributed by atoms with E-state index in [1.54, 1.807) is 36.0 Å². The van der Waals surface area contributed by atoms with E-state index in [-0.39, 0.29) is 53.4 Å². The van der Waals surface area contributed by atoms with Gasteiger partial charge in [-0.1, -0.05) is 78.2 Å². The van der Waals surface area contributed by atoms with Gasteiger partial charge in [-0.2, -0.15) is 13.2 Å². The fraction of sp³-hybridized carbons (Fsp3) is 0.448. The molecule has 5 aromatic carbocycles. The van der Waals surface area contributed by atoms with Crippen LogP contribution in [0.2, 0.25) is 5.02 Å². The number of halogens is 4. The molecule has 5 heterocycles. The van der Waals surface area contributed by atoms with Crippen LogP contribution < -0.4 is 20.9 Å². The highest BCUT2D eigenvalue weighted by atomic mass is 35.5. The van der Waals surface area contributed by atoms with Gasteiger partial charge in [0.25, 0.3) is 21.7 Å². The first kappa shape index (κ1) is 63.8. The van der Waals surface area contributed by atoms with Gasteiger partial charge in [0.2, 0.25) is 17.7 Å². The fourth-order valence-electron chi connectivity index (χ4n) is 13.4. The molecule has 3 unspecified atom stereocenters. The summed E-state index contributed by atoms with van der Waals surface area (Å²) in [6.07, 6.45) is 7.36. The number of benzene rings is 5. The number of unbranched alkanes of at least 4 members (excludes halogenated alkanes) is 2. The van der Waals surface area contributed by atoms with Crippen LogP contribution in [0.1, 0.15) is 108 Å². The Morgan fingerprint density at radius 2 is 1.54 bits per heavy atom. The van der Waals surface area contributed by atoms with Crippen LogP contribution in [0.25, 0.3) is 5.57 Å². The van der Waals surface area contributed by atoms with Crippen LogP contribution in [0.5, 0.6) is 0 Å². The molecule has 3 atom stereocenters. The average molecular weight is 1280 g/mol. The van der Waals surface area contributed by atoms with Crippen LogP contribution in [-0.2, 0) is 35.4 Å². The second-order valence-electron chi connectivity index (χ2n) is 24.3. The summed E-state index contributed by atoms with van der Waals surface area (Å²) in [5, 5.41) is 9.46. The monoisotopic (exact) mass is 1280 g/mol. The smallest absolute Gasteiger partial charge is 0.384 e. The van der Waals surface area contributed by atoms with Crippen molar-refractivity contribution in [3.8, 4) is 0 Å². The molecule has 22 heteroatoms. The molecule has 0 radical (unpaired) electrons. The Hall–Kier alpha value is -6.75. The summed E-state index contributed by atoms with van der Waals surface area (Å²) < 4.78 is 75.3. The molecule has 89 heavy (non-hydrogen) atoms. The second kappa shape index (κ2) is 28.2. The summed E-state index contributed by atoms with van der Waals surface area (Å²) in [6.45, 7) is 9.43. The van der Waals surface area contributed by atoms with E-state index in [0.29, 0.717) is 67.6 Å². The maximum absolute atomic E-state index is 14.4. The van der Waals surface area contributed by atoms with Crippen molar-refractivity contribution in [1.29, 1.82) is 0 Å². The van der Waals surface area contributed by atoms with E-state index in [0.717, 1.165) is 118 Å². The molecule has 5 aromatic rings. The number of ether oxygens (including phenoxy) is 1. The molecule has 11 rings (SSSR count). The summed E-state index contributed by atoms with van der Waals surface area (Å²) in [5.41, 5.74) is 1.64. The molecule has 6 aliphatic rings. The number of piperidine rings is 1. The molecular formula is C67H76ClF3N8O8S2. The van der Waals surface area contributed by atoms with Crippen molar-refractivity contribution in [1.82, 2.24) is 24.9 Å². The van der Waals surface area contributed by atoms with Gasteiger partial charge >= 0.3 is 5.51 Å². The molecule has 472 valence electrons. The number of morpholine rings is 1. The number of nitrogens with one attached hydrogen (secondary N) is 3. The quantitative estimate of drug-likeness (QED) is 0.0319. The summed E-state index contributed by atoms with van der Waals surface area (Å²) >= 11 is 7.94. The summed E-state index contributed by atoms with van der Waals surface area (Å²) in [5.74, 6) is -1.51. The summed E-state index contributed by atoms with van der Waals surface area (Å²) in [7, 11) is -5.71. The molecule has 5 amide bonds. The zero-order valence-corrected chi connectivity index (χ0v) is 52.2. The van der Waals surface area contributed by atoms with Gasteiger partial charge in [-0.3, -0.25) is 44.0 Å². The number of rotatable bonds is 23. The molecule has 1 spiro atoms. The first-order valence-electron chi connectivity index (χ1n) is 31.0. The Bertz CT molecular complexity index is 3550. The molecule has 0 saturated carbocycles. The predicted molar refractivity (Wildman–Crippen MR) is 340 cm³/mol. The summed E-state index contributed by atoms with van der Waals surface area (Å²) in [6, 6.07) is 33.8. The van der Waals surface area contributed by atoms with Crippen LogP contribution in [0.15, 0.2) is 131 Å². The lowest BCUT2D eigenvalue weighted by atomic mass is 9.69. The number of alkyl halides is 3. The zero-order chi connectivity index (χ0) is 62.3. The van der Waals surface area contributed by atoms with Gasteiger partial charge in [0, 0.05) is 118 Å². The minimum absolute atomic E-state index is 0.0157. The molecule has 4 fully saturated rings. The van der Waals surface area contributed by atoms with E-state index >= 15 is 0 Å². The van der Waals surface area contributed by atoms with Crippen LogP contribution in [0.3, 0.4) is 0 Å². The SMILES string of the molecule is O=C1CCC(N2C(=O)c3cccc(NCCCCCC(=O)N4CCC5(CCC(c6ccc(Cl)cc6)=C(CN6CCN(c7ccc(Cc8ccc(NC(CCN9CCOCC9)CSc9ccccc9)c(S(=O)(=O)C(F)(F)F)c8)cc7)CC6)C5)C4)c3C2=O)C(=O)N1. The molecule has 5 aliphatic heterocycles. The summed E-state index contributed by atoms with van der Waals surface area (Å²) in [4.78, 5) is 75.3. The number of hydrogen-bond acceptors (Lipinski definition) is 14. The van der Waals surface area contributed by atoms with E-state index in [4.69, 9.17) is 16.3 Å². The average Bonchev–Trinajstić information content (AvgIpc) is 1.82. The van der Waals surface area contributed by atoms with Crippen molar-refractivity contribution in [2.75, 3.05) is 106 Å². The van der Waals surface area contributed by atoms with Crippen LogP contribution in [0.4, 0.5) is 30.2 Å². The Labute approximate surface area is 527 Å². The number of allylic oxidation sites excluding steroid dienone is 1. The van der Waals surface area contributed by atoms with E-state index < -0.39 is 49.9 Å². The third-order valence-electron chi connectivity index (χ3n) is 18.3. The number of nitrogens with zero attached hydrogens (tertiary/aromatic N) is 5. The number of fused-ring (bicyclic) bond motifs is 1. The fourth-order valence-corrected chi connectivity index (χ4v) is 15.5. The van der Waals surface area contributed by atoms with Crippen molar-refractivity contribution in [2.45, 2.75) is 104 Å². The maximum Gasteiger partial charge on any atom is 0.501 e. The standard InChI is InChI=1S/C67H76ClF3N8O8S2/c68-50-18-16-48(17-19-50)54-25-27-66(28-31-78(45-66)61(81)12-5-2-6-29-72-57-11-7-10-55-62(57)65(84)79(64(55)83)58-23-24-60(80)74-63(58)82)42-49(54)43-76-32-34-77(35-33-76)52-20-13-46(14-21-52)40-47-15-22-56(59(41-47)89(85,86)67(69,70)71)73-51(26-30-75-36-38-87-39-37-75)44-88-53-8-3-1-4-9-53/h1,3-4,7-11,13-22,41,51,58,72-73H,2,5-6,12,23-40,42-45H2,(H,74,80,82). The Kier molecular flexibility index (Phi) is 20.2. The highest BCUT2D eigenvalue weighted by Gasteiger charge is 2.49. The van der Waals surface area contributed by atoms with Gasteiger partial charge in [0.15, 0.2) is 0 Å². The third kappa shape index (κ3) is 15.2. The lowest BCUT2D eigenvalue weighted by Crippen LogP contribution is -2.54. The first-order chi connectivity index (χ1) is 42.9. The van der Waals surface area contributed by atoms with Crippen molar-refractivity contribution in [3.63, 3.8) is 0 Å². The first-order valence-corrected chi connectivity index (χ1v) is 33.8. The minimum atomic E-state index is -5.71. The predicted octanol–water partition coefficient (Wildman–Crippen LogP) is 10.6. The van der Waals surface area contributed by atoms with E-state index in [1.807, 2.05) is 66.7 Å². The molecule has 3 N–H and O–H groups in total. The van der Waals surface area contributed by atoms with Crippen LogP contribution in [-0.4, -0.2) is 166 Å². The number of hydrogen-bond donors (Lipinski definition) is 3. The molecule has 0 aromatic heterocycles.